The number of hydrogen-bond donors (Lipinski definition) is 0. The van der Waals surface area contributed by atoms with Crippen molar-refractivity contribution in [3.05, 3.63) is 0 Å². The molecule has 0 nitrogen and oxygen atoms in total. The van der Waals surface area contributed by atoms with E-state index in [9.17, 15) is 0 Å². The van der Waals surface area contributed by atoms with Crippen LogP contribution < -0.4 is 0 Å². The van der Waals surface area contributed by atoms with Gasteiger partial charge >= 0.3 is 0 Å². The van der Waals surface area contributed by atoms with Crippen molar-refractivity contribution in [1.29, 1.82) is 0 Å². The molecular weight excluding hydrogens is 216 g/mol. The Morgan fingerprint density at radius 1 is 1.18 bits per heavy atom. The van der Waals surface area contributed by atoms with Crippen molar-refractivity contribution in [2.45, 2.75) is 50.7 Å². The maximum atomic E-state index is 3.73. The number of rotatable bonds is 3. The summed E-state index contributed by atoms with van der Waals surface area (Å²) in [6.45, 7) is 2.34. The largest absolute Gasteiger partial charge is 0.0961 e. The maximum Gasteiger partial charge on any atom is 0.0648 e. The Kier molecular flexibility index (Phi) is 4.14. The molecule has 0 aromatic rings. The molecule has 0 unspecified atom stereocenters. The van der Waals surface area contributed by atoms with Gasteiger partial charge in [-0.2, -0.15) is 0 Å². The number of alkyl halides is 1. The molecule has 1 saturated heterocycles. The van der Waals surface area contributed by atoms with Gasteiger partial charge in [-0.15, -0.1) is 0 Å². The van der Waals surface area contributed by atoms with E-state index in [0.717, 1.165) is 0 Å². The van der Waals surface area contributed by atoms with Crippen molar-refractivity contribution in [3.63, 3.8) is 0 Å². The van der Waals surface area contributed by atoms with Gasteiger partial charge in [-0.3, -0.25) is 0 Å². The van der Waals surface area contributed by atoms with Crippen LogP contribution in [0.4, 0.5) is 0 Å². The minimum Gasteiger partial charge on any atom is -0.0961 e. The third-order valence-corrected chi connectivity index (χ3v) is 11.5. The van der Waals surface area contributed by atoms with Gasteiger partial charge in [-0.25, -0.2) is 0 Å². The zero-order valence-corrected chi connectivity index (χ0v) is 10.1. The maximum absolute atomic E-state index is 3.73. The second kappa shape index (κ2) is 4.66. The Labute approximate surface area is 79.9 Å². The van der Waals surface area contributed by atoms with Crippen LogP contribution in [0.2, 0.25) is 18.1 Å². The van der Waals surface area contributed by atoms with Crippen LogP contribution in [0.15, 0.2) is 0 Å². The molecule has 1 aliphatic rings. The molecule has 1 aliphatic heterocycles. The number of hydrogen-bond acceptors (Lipinski definition) is 0. The highest BCUT2D eigenvalue weighted by molar-refractivity contribution is 9.09. The van der Waals surface area contributed by atoms with Crippen molar-refractivity contribution in [1.82, 2.24) is 0 Å². The fourth-order valence-corrected chi connectivity index (χ4v) is 9.02. The third-order valence-electron chi connectivity index (χ3n) is 2.98. The SMILES string of the molecule is CCC[Si]1(CBr)CCCCC1. The molecule has 0 atom stereocenters. The van der Waals surface area contributed by atoms with Crippen LogP contribution in [0.1, 0.15) is 32.6 Å². The van der Waals surface area contributed by atoms with E-state index in [1.165, 1.54) is 30.6 Å². The smallest absolute Gasteiger partial charge is 0.0648 e. The summed E-state index contributed by atoms with van der Waals surface area (Å²) in [5.74, 6) is 0. The first-order valence-electron chi connectivity index (χ1n) is 4.89. The lowest BCUT2D eigenvalue weighted by atomic mass is 10.3. The predicted octanol–water partition coefficient (Wildman–Crippen LogP) is 3.96. The van der Waals surface area contributed by atoms with Crippen LogP contribution in [-0.4, -0.2) is 13.0 Å². The molecule has 1 heterocycles. The highest BCUT2D eigenvalue weighted by atomic mass is 79.9. The summed E-state index contributed by atoms with van der Waals surface area (Å²) >= 11 is 3.73. The molecule has 2 heteroatoms. The van der Waals surface area contributed by atoms with E-state index in [4.69, 9.17) is 0 Å². The van der Waals surface area contributed by atoms with Gasteiger partial charge in [-0.05, 0) is 4.95 Å². The van der Waals surface area contributed by atoms with Crippen LogP contribution in [0, 0.1) is 0 Å². The zero-order valence-electron chi connectivity index (χ0n) is 7.53. The molecule has 0 N–H and O–H groups in total. The summed E-state index contributed by atoms with van der Waals surface area (Å²) in [6, 6.07) is 4.77. The molecule has 1 rings (SSSR count). The molecule has 0 aromatic heterocycles. The van der Waals surface area contributed by atoms with Crippen molar-refractivity contribution >= 4 is 24.0 Å². The van der Waals surface area contributed by atoms with Gasteiger partial charge in [0, 0.05) is 0 Å². The minimum atomic E-state index is -0.740. The van der Waals surface area contributed by atoms with E-state index in [1.807, 2.05) is 0 Å². The zero-order chi connectivity index (χ0) is 8.16. The fourth-order valence-electron chi connectivity index (χ4n) is 2.28. The molecule has 66 valence electrons. The van der Waals surface area contributed by atoms with E-state index in [0.29, 0.717) is 0 Å². The number of halogens is 1. The quantitative estimate of drug-likeness (QED) is 0.513. The molecule has 1 fully saturated rings. The van der Waals surface area contributed by atoms with E-state index in [1.54, 1.807) is 18.1 Å². The van der Waals surface area contributed by atoms with Gasteiger partial charge in [0.15, 0.2) is 0 Å². The molecule has 0 aromatic carbocycles. The van der Waals surface area contributed by atoms with Crippen molar-refractivity contribution in [2.24, 2.45) is 0 Å². The lowest BCUT2D eigenvalue weighted by Gasteiger charge is -2.33. The average molecular weight is 235 g/mol. The average Bonchev–Trinajstić information content (AvgIpc) is 2.07. The summed E-state index contributed by atoms with van der Waals surface area (Å²) in [5, 5.41) is 0. The van der Waals surface area contributed by atoms with Gasteiger partial charge in [0.05, 0.1) is 8.07 Å². The Morgan fingerprint density at radius 3 is 2.27 bits per heavy atom. The normalized spacial score (nSPS) is 23.5. The lowest BCUT2D eigenvalue weighted by molar-refractivity contribution is 0.703. The van der Waals surface area contributed by atoms with Crippen LogP contribution >= 0.6 is 15.9 Å². The highest BCUT2D eigenvalue weighted by Gasteiger charge is 2.31. The molecule has 0 radical (unpaired) electrons. The van der Waals surface area contributed by atoms with Crippen LogP contribution in [-0.2, 0) is 0 Å². The third kappa shape index (κ3) is 2.58. The molecule has 0 saturated carbocycles. The molecule has 0 aliphatic carbocycles. The highest BCUT2D eigenvalue weighted by Crippen LogP contribution is 2.33. The van der Waals surface area contributed by atoms with Crippen molar-refractivity contribution in [3.8, 4) is 0 Å². The minimum absolute atomic E-state index is 0.740. The van der Waals surface area contributed by atoms with Crippen LogP contribution in [0.5, 0.6) is 0 Å². The molecule has 0 amide bonds. The Morgan fingerprint density at radius 2 is 1.82 bits per heavy atom. The predicted molar refractivity (Wildman–Crippen MR) is 58.1 cm³/mol. The van der Waals surface area contributed by atoms with Crippen LogP contribution in [0.3, 0.4) is 0 Å². The standard InChI is InChI=1S/C9H19BrSi/c1-2-6-11(9-10)7-4-3-5-8-11/h2-9H2,1H3. The Balaban J connectivity index is 2.42. The first-order valence-corrected chi connectivity index (χ1v) is 8.84. The first-order chi connectivity index (χ1) is 5.33. The second-order valence-corrected chi connectivity index (χ2v) is 10.4. The lowest BCUT2D eigenvalue weighted by Crippen LogP contribution is -2.38. The summed E-state index contributed by atoms with van der Waals surface area (Å²) < 4.78 is 0. The monoisotopic (exact) mass is 234 g/mol. The van der Waals surface area contributed by atoms with E-state index in [2.05, 4.69) is 22.9 Å². The topological polar surface area (TPSA) is 0 Å². The van der Waals surface area contributed by atoms with Gasteiger partial charge in [0.2, 0.25) is 0 Å². The fraction of sp³-hybridized carbons (Fsp3) is 1.00. The van der Waals surface area contributed by atoms with Gasteiger partial charge in [-0.1, -0.05) is 66.7 Å². The molecule has 0 bridgehead atoms. The van der Waals surface area contributed by atoms with Crippen LogP contribution in [0.25, 0.3) is 0 Å². The molecule has 0 spiro atoms. The Bertz CT molecular complexity index is 103. The Hall–Kier alpha value is 0.697. The second-order valence-electron chi connectivity index (χ2n) is 3.94. The summed E-state index contributed by atoms with van der Waals surface area (Å²) in [4.78, 5) is 1.37. The van der Waals surface area contributed by atoms with Gasteiger partial charge < -0.3 is 0 Å². The summed E-state index contributed by atoms with van der Waals surface area (Å²) in [6.07, 6.45) is 5.97. The molecule has 11 heavy (non-hydrogen) atoms. The van der Waals surface area contributed by atoms with Gasteiger partial charge in [0.25, 0.3) is 0 Å². The first kappa shape index (κ1) is 9.78. The summed E-state index contributed by atoms with van der Waals surface area (Å²) in [7, 11) is -0.740. The summed E-state index contributed by atoms with van der Waals surface area (Å²) in [5.41, 5.74) is 0. The van der Waals surface area contributed by atoms with E-state index < -0.39 is 8.07 Å². The van der Waals surface area contributed by atoms with Gasteiger partial charge in [0.1, 0.15) is 0 Å². The molecular formula is C9H19BrSi. The van der Waals surface area contributed by atoms with Crippen molar-refractivity contribution in [2.75, 3.05) is 4.95 Å². The van der Waals surface area contributed by atoms with E-state index in [-0.39, 0.29) is 0 Å². The van der Waals surface area contributed by atoms with E-state index >= 15 is 0 Å². The van der Waals surface area contributed by atoms with Crippen molar-refractivity contribution < 1.29 is 0 Å².